The number of aryl methyl sites for hydroxylation is 2. The van der Waals surface area contributed by atoms with Gasteiger partial charge in [0.05, 0.1) is 12.3 Å². The molecule has 4 aromatic rings. The summed E-state index contributed by atoms with van der Waals surface area (Å²) in [6, 6.07) is 10.4. The Bertz CT molecular complexity index is 1330. The van der Waals surface area contributed by atoms with Crippen molar-refractivity contribution in [2.75, 3.05) is 19.6 Å². The van der Waals surface area contributed by atoms with Crippen molar-refractivity contribution in [2.45, 2.75) is 32.0 Å². The predicted molar refractivity (Wildman–Crippen MR) is 128 cm³/mol. The highest BCUT2D eigenvalue weighted by Gasteiger charge is 2.18. The first-order chi connectivity index (χ1) is 16.5. The Morgan fingerprint density at radius 3 is 2.82 bits per heavy atom. The van der Waals surface area contributed by atoms with Gasteiger partial charge < -0.3 is 20.3 Å². The second-order valence-electron chi connectivity index (χ2n) is 8.83. The first-order valence-electron chi connectivity index (χ1n) is 11.4. The fraction of sp³-hybridized carbons (Fsp3) is 0.320. The Morgan fingerprint density at radius 2 is 2.00 bits per heavy atom. The van der Waals surface area contributed by atoms with Crippen molar-refractivity contribution in [3.8, 4) is 11.1 Å². The standard InChI is InChI=1S/C25H28N6O3/c26-10-22(32)15-29-7-6-18-2-1-17(9-20(18)12-29)5-8-31-14-21(11-27-31)19-3-4-24-28-23(25(33)34)16-30(24)13-19/h1-4,9,11,13-14,16,22,32H,5-8,10,12,15,26H2,(H,33,34)/t22-/m0/s1. The van der Waals surface area contributed by atoms with Crippen LogP contribution < -0.4 is 5.73 Å². The molecule has 0 spiro atoms. The molecule has 5 rings (SSSR count). The minimum atomic E-state index is -1.04. The van der Waals surface area contributed by atoms with Crippen LogP contribution in [0.1, 0.15) is 27.2 Å². The minimum absolute atomic E-state index is 0.0246. The number of carboxylic acids is 1. The number of hydrogen-bond donors (Lipinski definition) is 3. The maximum Gasteiger partial charge on any atom is 0.356 e. The summed E-state index contributed by atoms with van der Waals surface area (Å²) in [5.41, 5.74) is 12.1. The van der Waals surface area contributed by atoms with E-state index in [2.05, 4.69) is 33.2 Å². The SMILES string of the molecule is NC[C@H](O)CN1CCc2ccc(CCn3cc(-c4ccc5nc(C(=O)O)cn5c4)cn3)cc2C1. The van der Waals surface area contributed by atoms with E-state index in [0.29, 0.717) is 12.2 Å². The van der Waals surface area contributed by atoms with Gasteiger partial charge in [-0.15, -0.1) is 0 Å². The van der Waals surface area contributed by atoms with Gasteiger partial charge in [-0.1, -0.05) is 18.2 Å². The molecular formula is C25H28N6O3. The van der Waals surface area contributed by atoms with Crippen LogP contribution in [0, 0.1) is 0 Å². The van der Waals surface area contributed by atoms with E-state index < -0.39 is 12.1 Å². The molecule has 0 amide bonds. The van der Waals surface area contributed by atoms with Crippen LogP contribution in [0.2, 0.25) is 0 Å². The van der Waals surface area contributed by atoms with E-state index in [1.807, 2.05) is 35.4 Å². The van der Waals surface area contributed by atoms with Gasteiger partial charge >= 0.3 is 5.97 Å². The lowest BCUT2D eigenvalue weighted by atomic mass is 9.96. The molecule has 4 N–H and O–H groups in total. The van der Waals surface area contributed by atoms with Gasteiger partial charge in [-0.05, 0) is 41.7 Å². The van der Waals surface area contributed by atoms with Crippen molar-refractivity contribution in [1.29, 1.82) is 0 Å². The van der Waals surface area contributed by atoms with Crippen molar-refractivity contribution in [2.24, 2.45) is 5.73 Å². The van der Waals surface area contributed by atoms with E-state index in [9.17, 15) is 9.90 Å². The molecule has 9 nitrogen and oxygen atoms in total. The van der Waals surface area contributed by atoms with Crippen LogP contribution in [0.4, 0.5) is 0 Å². The Morgan fingerprint density at radius 1 is 1.12 bits per heavy atom. The highest BCUT2D eigenvalue weighted by molar-refractivity contribution is 5.86. The third kappa shape index (κ3) is 4.72. The normalized spacial score (nSPS) is 14.9. The van der Waals surface area contributed by atoms with E-state index in [1.165, 1.54) is 22.9 Å². The molecule has 9 heteroatoms. The number of nitrogens with zero attached hydrogens (tertiary/aromatic N) is 5. The molecule has 1 atom stereocenters. The average Bonchev–Trinajstić information content (AvgIpc) is 3.49. The van der Waals surface area contributed by atoms with Gasteiger partial charge in [0.25, 0.3) is 0 Å². The van der Waals surface area contributed by atoms with Gasteiger partial charge in [0.2, 0.25) is 0 Å². The number of carbonyl (C=O) groups is 1. The molecular weight excluding hydrogens is 432 g/mol. The number of aliphatic hydroxyl groups is 1. The van der Waals surface area contributed by atoms with Crippen LogP contribution in [0.5, 0.6) is 0 Å². The summed E-state index contributed by atoms with van der Waals surface area (Å²) in [4.78, 5) is 17.5. The molecule has 0 fully saturated rings. The summed E-state index contributed by atoms with van der Waals surface area (Å²) in [6.07, 6.45) is 8.58. The molecule has 0 saturated carbocycles. The number of imidazole rings is 1. The van der Waals surface area contributed by atoms with Gasteiger partial charge in [-0.25, -0.2) is 9.78 Å². The number of aromatic carboxylic acids is 1. The topological polar surface area (TPSA) is 122 Å². The molecule has 0 saturated heterocycles. The highest BCUT2D eigenvalue weighted by atomic mass is 16.4. The molecule has 34 heavy (non-hydrogen) atoms. The zero-order valence-electron chi connectivity index (χ0n) is 18.8. The lowest BCUT2D eigenvalue weighted by Gasteiger charge is -2.30. The molecule has 1 aliphatic heterocycles. The van der Waals surface area contributed by atoms with E-state index in [-0.39, 0.29) is 12.2 Å². The average molecular weight is 461 g/mol. The zero-order chi connectivity index (χ0) is 23.7. The summed E-state index contributed by atoms with van der Waals surface area (Å²) in [5.74, 6) is -1.04. The van der Waals surface area contributed by atoms with Crippen molar-refractivity contribution in [3.05, 3.63) is 77.5 Å². The highest BCUT2D eigenvalue weighted by Crippen LogP contribution is 2.22. The lowest BCUT2D eigenvalue weighted by molar-refractivity contribution is 0.0691. The number of carboxylic acid groups (broad SMARTS) is 1. The number of hydrogen-bond acceptors (Lipinski definition) is 6. The van der Waals surface area contributed by atoms with Crippen LogP contribution in [0.25, 0.3) is 16.8 Å². The van der Waals surface area contributed by atoms with Crippen molar-refractivity contribution in [3.63, 3.8) is 0 Å². The van der Waals surface area contributed by atoms with Crippen molar-refractivity contribution in [1.82, 2.24) is 24.1 Å². The molecule has 4 heterocycles. The van der Waals surface area contributed by atoms with Gasteiger partial charge in [0.1, 0.15) is 5.65 Å². The van der Waals surface area contributed by atoms with Gasteiger partial charge in [-0.3, -0.25) is 9.58 Å². The second-order valence-corrected chi connectivity index (χ2v) is 8.83. The first-order valence-corrected chi connectivity index (χ1v) is 11.4. The number of β-amino-alcohol motifs (C(OH)–C–C–N with tert-alkyl or cyclic N) is 1. The number of fused-ring (bicyclic) bond motifs is 2. The molecule has 1 aromatic carbocycles. The van der Waals surface area contributed by atoms with E-state index in [0.717, 1.165) is 43.6 Å². The molecule has 0 unspecified atom stereocenters. The summed E-state index contributed by atoms with van der Waals surface area (Å²) in [5, 5.41) is 23.5. The lowest BCUT2D eigenvalue weighted by Crippen LogP contribution is -2.39. The third-order valence-electron chi connectivity index (χ3n) is 6.37. The molecule has 176 valence electrons. The fourth-order valence-electron chi connectivity index (χ4n) is 4.50. The quantitative estimate of drug-likeness (QED) is 0.367. The second kappa shape index (κ2) is 9.38. The molecule has 0 bridgehead atoms. The largest absolute Gasteiger partial charge is 0.476 e. The van der Waals surface area contributed by atoms with E-state index in [4.69, 9.17) is 10.8 Å². The van der Waals surface area contributed by atoms with E-state index in [1.54, 1.807) is 4.40 Å². The van der Waals surface area contributed by atoms with Crippen LogP contribution in [0.3, 0.4) is 0 Å². The number of aromatic nitrogens is 4. The molecule has 1 aliphatic rings. The fourth-order valence-corrected chi connectivity index (χ4v) is 4.50. The van der Waals surface area contributed by atoms with Gasteiger partial charge in [0.15, 0.2) is 5.69 Å². The van der Waals surface area contributed by atoms with Crippen LogP contribution >= 0.6 is 0 Å². The first kappa shape index (κ1) is 22.3. The van der Waals surface area contributed by atoms with Crippen LogP contribution in [-0.2, 0) is 25.9 Å². The van der Waals surface area contributed by atoms with Gasteiger partial charge in [0, 0.05) is 62.4 Å². The summed E-state index contributed by atoms with van der Waals surface area (Å²) >= 11 is 0. The molecule has 0 radical (unpaired) electrons. The number of pyridine rings is 1. The Kier molecular flexibility index (Phi) is 6.14. The number of benzene rings is 1. The predicted octanol–water partition coefficient (Wildman–Crippen LogP) is 1.82. The minimum Gasteiger partial charge on any atom is -0.476 e. The molecule has 0 aliphatic carbocycles. The van der Waals surface area contributed by atoms with E-state index >= 15 is 0 Å². The van der Waals surface area contributed by atoms with Crippen molar-refractivity contribution >= 4 is 11.6 Å². The maximum absolute atomic E-state index is 11.2. The van der Waals surface area contributed by atoms with Crippen molar-refractivity contribution < 1.29 is 15.0 Å². The summed E-state index contributed by atoms with van der Waals surface area (Å²) < 4.78 is 3.65. The summed E-state index contributed by atoms with van der Waals surface area (Å²) in [7, 11) is 0. The van der Waals surface area contributed by atoms with Gasteiger partial charge in [-0.2, -0.15) is 5.10 Å². The Balaban J connectivity index is 1.25. The Hall–Kier alpha value is -3.53. The van der Waals surface area contributed by atoms with Crippen LogP contribution in [0.15, 0.2) is 55.1 Å². The number of aliphatic hydroxyl groups excluding tert-OH is 1. The number of rotatable bonds is 8. The summed E-state index contributed by atoms with van der Waals surface area (Å²) in [6.45, 7) is 3.44. The Labute approximate surface area is 197 Å². The monoisotopic (exact) mass is 460 g/mol. The zero-order valence-corrected chi connectivity index (χ0v) is 18.8. The smallest absolute Gasteiger partial charge is 0.356 e. The third-order valence-corrected chi connectivity index (χ3v) is 6.37. The maximum atomic E-state index is 11.2. The molecule has 3 aromatic heterocycles. The van der Waals surface area contributed by atoms with Crippen LogP contribution in [-0.4, -0.2) is 66.0 Å². The number of nitrogens with two attached hydrogens (primary N) is 1.